The number of ether oxygens (including phenoxy) is 2. The van der Waals surface area contributed by atoms with Crippen LogP contribution in [-0.4, -0.2) is 43.8 Å². The van der Waals surface area contributed by atoms with E-state index in [1.54, 1.807) is 0 Å². The van der Waals surface area contributed by atoms with Gasteiger partial charge in [-0.25, -0.2) is 4.79 Å². The van der Waals surface area contributed by atoms with Crippen LogP contribution in [0.15, 0.2) is 54.6 Å². The molecule has 0 aliphatic carbocycles. The van der Waals surface area contributed by atoms with E-state index in [-0.39, 0.29) is 0 Å². The first-order chi connectivity index (χ1) is 13.3. The largest absolute Gasteiger partial charge is 0.492 e. The minimum absolute atomic E-state index is 0.355. The van der Waals surface area contributed by atoms with Gasteiger partial charge in [0.1, 0.15) is 12.4 Å². The molecule has 2 aromatic carbocycles. The third kappa shape index (κ3) is 6.94. The van der Waals surface area contributed by atoms with Crippen LogP contribution in [0.25, 0.3) is 0 Å². The highest BCUT2D eigenvalue weighted by Crippen LogP contribution is 2.16. The van der Waals surface area contributed by atoms with Gasteiger partial charge in [0.2, 0.25) is 0 Å². The van der Waals surface area contributed by atoms with E-state index in [4.69, 9.17) is 9.47 Å². The topological polar surface area (TPSA) is 50.8 Å². The Labute approximate surface area is 161 Å². The maximum Gasteiger partial charge on any atom is 0.411 e. The summed E-state index contributed by atoms with van der Waals surface area (Å²) in [6.45, 7) is 4.37. The van der Waals surface area contributed by atoms with Crippen molar-refractivity contribution in [3.63, 3.8) is 0 Å². The van der Waals surface area contributed by atoms with Gasteiger partial charge in [0.15, 0.2) is 0 Å². The van der Waals surface area contributed by atoms with Crippen molar-refractivity contribution >= 4 is 11.8 Å². The Bertz CT molecular complexity index is 682. The molecule has 5 nitrogen and oxygen atoms in total. The third-order valence-electron chi connectivity index (χ3n) is 4.69. The van der Waals surface area contributed by atoms with E-state index < -0.39 is 6.09 Å². The van der Waals surface area contributed by atoms with Gasteiger partial charge in [-0.15, -0.1) is 0 Å². The maximum absolute atomic E-state index is 11.9. The van der Waals surface area contributed by atoms with Crippen LogP contribution < -0.4 is 10.1 Å². The lowest BCUT2D eigenvalue weighted by atomic mass is 10.1. The minimum Gasteiger partial charge on any atom is -0.492 e. The van der Waals surface area contributed by atoms with Gasteiger partial charge in [-0.05, 0) is 55.8 Å². The molecule has 1 aliphatic heterocycles. The molecule has 1 saturated heterocycles. The number of amides is 1. The zero-order valence-electron chi connectivity index (χ0n) is 15.7. The molecule has 144 valence electrons. The van der Waals surface area contributed by atoms with Crippen LogP contribution in [0, 0.1) is 0 Å². The number of anilines is 1. The van der Waals surface area contributed by atoms with Crippen LogP contribution >= 0.6 is 0 Å². The molecule has 0 bridgehead atoms. The molecular formula is C22H28N2O3. The first-order valence-electron chi connectivity index (χ1n) is 9.72. The van der Waals surface area contributed by atoms with Crippen molar-refractivity contribution < 1.29 is 14.3 Å². The fourth-order valence-corrected chi connectivity index (χ4v) is 3.17. The van der Waals surface area contributed by atoms with E-state index in [0.717, 1.165) is 17.9 Å². The minimum atomic E-state index is -0.440. The molecule has 0 unspecified atom stereocenters. The summed E-state index contributed by atoms with van der Waals surface area (Å²) >= 11 is 0. The molecular weight excluding hydrogens is 340 g/mol. The number of hydrogen-bond donors (Lipinski definition) is 1. The van der Waals surface area contributed by atoms with Crippen LogP contribution in [0.4, 0.5) is 10.5 Å². The zero-order valence-corrected chi connectivity index (χ0v) is 15.7. The number of piperidine rings is 1. The summed E-state index contributed by atoms with van der Waals surface area (Å²) in [5.74, 6) is 0.815. The average molecular weight is 368 g/mol. The molecule has 1 N–H and O–H groups in total. The van der Waals surface area contributed by atoms with Gasteiger partial charge in [-0.2, -0.15) is 0 Å². The Morgan fingerprint density at radius 3 is 2.41 bits per heavy atom. The van der Waals surface area contributed by atoms with Crippen LogP contribution in [0.1, 0.15) is 24.8 Å². The van der Waals surface area contributed by atoms with E-state index in [0.29, 0.717) is 25.3 Å². The van der Waals surface area contributed by atoms with Crippen molar-refractivity contribution in [3.8, 4) is 5.75 Å². The van der Waals surface area contributed by atoms with Gasteiger partial charge in [0.25, 0.3) is 0 Å². The van der Waals surface area contributed by atoms with E-state index in [1.807, 2.05) is 54.6 Å². The van der Waals surface area contributed by atoms with E-state index >= 15 is 0 Å². The van der Waals surface area contributed by atoms with Crippen LogP contribution in [0.5, 0.6) is 5.75 Å². The Balaban J connectivity index is 1.33. The number of hydrogen-bond acceptors (Lipinski definition) is 4. The van der Waals surface area contributed by atoms with Gasteiger partial charge in [0.05, 0.1) is 6.61 Å². The number of carbonyl (C=O) groups excluding carboxylic acids is 1. The molecule has 0 aromatic heterocycles. The summed E-state index contributed by atoms with van der Waals surface area (Å²) < 4.78 is 11.0. The number of rotatable bonds is 8. The summed E-state index contributed by atoms with van der Waals surface area (Å²) in [5, 5.41) is 2.74. The predicted octanol–water partition coefficient (Wildman–Crippen LogP) is 4.34. The molecule has 5 heteroatoms. The van der Waals surface area contributed by atoms with E-state index in [2.05, 4.69) is 10.2 Å². The molecule has 1 heterocycles. The zero-order chi connectivity index (χ0) is 18.7. The fraction of sp³-hybridized carbons (Fsp3) is 0.409. The lowest BCUT2D eigenvalue weighted by molar-refractivity contribution is 0.163. The molecule has 0 atom stereocenters. The monoisotopic (exact) mass is 368 g/mol. The molecule has 1 amide bonds. The molecule has 2 aromatic rings. The van der Waals surface area contributed by atoms with Gasteiger partial charge in [0, 0.05) is 18.7 Å². The number of nitrogens with one attached hydrogen (secondary N) is 1. The highest BCUT2D eigenvalue weighted by Gasteiger charge is 2.09. The van der Waals surface area contributed by atoms with Gasteiger partial charge < -0.3 is 9.47 Å². The van der Waals surface area contributed by atoms with Crippen molar-refractivity contribution in [1.29, 1.82) is 0 Å². The molecule has 1 aliphatic rings. The van der Waals surface area contributed by atoms with Crippen molar-refractivity contribution in [1.82, 2.24) is 4.90 Å². The number of nitrogens with zero attached hydrogens (tertiary/aromatic N) is 1. The fourth-order valence-electron chi connectivity index (χ4n) is 3.17. The first kappa shape index (κ1) is 19.2. The average Bonchev–Trinajstić information content (AvgIpc) is 2.71. The Hall–Kier alpha value is -2.53. The molecule has 1 fully saturated rings. The highest BCUT2D eigenvalue weighted by atomic mass is 16.5. The molecule has 3 rings (SSSR count). The number of likely N-dealkylation sites (tertiary alicyclic amines) is 1. The molecule has 27 heavy (non-hydrogen) atoms. The molecule has 0 saturated carbocycles. The lowest BCUT2D eigenvalue weighted by Crippen LogP contribution is -2.33. The van der Waals surface area contributed by atoms with Crippen molar-refractivity contribution in [2.45, 2.75) is 25.7 Å². The second kappa shape index (κ2) is 10.6. The number of benzene rings is 2. The van der Waals surface area contributed by atoms with Crippen molar-refractivity contribution in [2.75, 3.05) is 38.2 Å². The van der Waals surface area contributed by atoms with Crippen LogP contribution in [-0.2, 0) is 11.2 Å². The van der Waals surface area contributed by atoms with Crippen molar-refractivity contribution in [2.24, 2.45) is 0 Å². The second-order valence-electron chi connectivity index (χ2n) is 6.77. The summed E-state index contributed by atoms with van der Waals surface area (Å²) in [6, 6.07) is 17.4. The Morgan fingerprint density at radius 1 is 0.926 bits per heavy atom. The molecule has 0 radical (unpaired) electrons. The Kier molecular flexibility index (Phi) is 7.54. The lowest BCUT2D eigenvalue weighted by Gasteiger charge is -2.26. The standard InChI is InChI=1S/C22H28N2O3/c25-22(27-17-13-19-7-3-1-4-8-19)23-20-9-11-21(12-10-20)26-18-16-24-14-5-2-6-15-24/h1,3-4,7-12H,2,5-6,13-18H2,(H,23,25). The highest BCUT2D eigenvalue weighted by molar-refractivity contribution is 5.84. The summed E-state index contributed by atoms with van der Waals surface area (Å²) in [4.78, 5) is 14.3. The van der Waals surface area contributed by atoms with Crippen molar-refractivity contribution in [3.05, 3.63) is 60.2 Å². The molecule has 0 spiro atoms. The normalized spacial score (nSPS) is 14.5. The van der Waals surface area contributed by atoms with E-state index in [1.165, 1.54) is 32.4 Å². The van der Waals surface area contributed by atoms with Crippen LogP contribution in [0.3, 0.4) is 0 Å². The summed E-state index contributed by atoms with van der Waals surface area (Å²) in [6.07, 6.45) is 4.20. The van der Waals surface area contributed by atoms with Gasteiger partial charge in [-0.3, -0.25) is 10.2 Å². The van der Waals surface area contributed by atoms with Gasteiger partial charge >= 0.3 is 6.09 Å². The first-order valence-corrected chi connectivity index (χ1v) is 9.72. The third-order valence-corrected chi connectivity index (χ3v) is 4.69. The van der Waals surface area contributed by atoms with E-state index in [9.17, 15) is 4.79 Å². The maximum atomic E-state index is 11.9. The predicted molar refractivity (Wildman–Crippen MR) is 107 cm³/mol. The second-order valence-corrected chi connectivity index (χ2v) is 6.77. The van der Waals surface area contributed by atoms with Gasteiger partial charge in [-0.1, -0.05) is 36.8 Å². The summed E-state index contributed by atoms with van der Waals surface area (Å²) in [7, 11) is 0. The SMILES string of the molecule is O=C(Nc1ccc(OCCN2CCCCC2)cc1)OCCc1ccccc1. The van der Waals surface area contributed by atoms with Crippen LogP contribution in [0.2, 0.25) is 0 Å². The summed E-state index contributed by atoms with van der Waals surface area (Å²) in [5.41, 5.74) is 1.85. The Morgan fingerprint density at radius 2 is 1.67 bits per heavy atom. The number of carbonyl (C=O) groups is 1. The quantitative estimate of drug-likeness (QED) is 0.753. The smallest absolute Gasteiger partial charge is 0.411 e.